The molecule has 1 unspecified atom stereocenters. The smallest absolute Gasteiger partial charge is 0.756 e. The fourth-order valence-corrected chi connectivity index (χ4v) is 4.73. The number of nitrogens with one attached hydrogen (secondary N) is 1. The first-order valence-corrected chi connectivity index (χ1v) is 11.0. The van der Waals surface area contributed by atoms with Crippen molar-refractivity contribution in [2.45, 2.75) is 24.5 Å². The van der Waals surface area contributed by atoms with Crippen molar-refractivity contribution in [3.8, 4) is 0 Å². The zero-order chi connectivity index (χ0) is 22.5. The first-order chi connectivity index (χ1) is 15.4. The van der Waals surface area contributed by atoms with Crippen molar-refractivity contribution < 1.29 is 62.3 Å². The second-order valence-corrected chi connectivity index (χ2v) is 8.49. The summed E-state index contributed by atoms with van der Waals surface area (Å²) in [5, 5.41) is 2.92. The second kappa shape index (κ2) is 9.28. The van der Waals surface area contributed by atoms with Crippen LogP contribution in [0.1, 0.15) is 16.6 Å². The summed E-state index contributed by atoms with van der Waals surface area (Å²) in [5.74, 6) is -0.534. The number of anilines is 2. The minimum Gasteiger partial charge on any atom is -0.756 e. The van der Waals surface area contributed by atoms with Gasteiger partial charge in [0.15, 0.2) is 23.8 Å². The van der Waals surface area contributed by atoms with Gasteiger partial charge in [0.2, 0.25) is 0 Å². The molecule has 15 heteroatoms. The Labute approximate surface area is 209 Å². The first-order valence-electron chi connectivity index (χ1n) is 9.58. The van der Waals surface area contributed by atoms with E-state index in [1.165, 1.54) is 17.2 Å². The Hall–Kier alpha value is -2.09. The molecule has 168 valence electrons. The monoisotopic (exact) mass is 484 g/mol. The Kier molecular flexibility index (Phi) is 6.76. The van der Waals surface area contributed by atoms with E-state index in [0.29, 0.717) is 16.9 Å². The molecule has 2 aliphatic rings. The van der Waals surface area contributed by atoms with Gasteiger partial charge in [0, 0.05) is 12.7 Å². The van der Waals surface area contributed by atoms with E-state index >= 15 is 0 Å². The van der Waals surface area contributed by atoms with Crippen molar-refractivity contribution in [3.05, 3.63) is 42.5 Å². The second-order valence-electron chi connectivity index (χ2n) is 7.13. The van der Waals surface area contributed by atoms with Crippen LogP contribution in [0.15, 0.2) is 36.9 Å². The molecule has 3 N–H and O–H groups in total. The van der Waals surface area contributed by atoms with Crippen LogP contribution in [0.3, 0.4) is 0 Å². The van der Waals surface area contributed by atoms with Gasteiger partial charge in [-0.05, 0) is 12.1 Å². The maximum absolute atomic E-state index is 13.0. The molecule has 3 aromatic rings. The number of hydrogen-bond donors (Lipinski definition) is 2. The quantitative estimate of drug-likeness (QED) is 0.226. The molecule has 33 heavy (non-hydrogen) atoms. The van der Waals surface area contributed by atoms with Crippen LogP contribution in [0.25, 0.3) is 11.2 Å². The fourth-order valence-electron chi connectivity index (χ4n) is 3.79. The van der Waals surface area contributed by atoms with E-state index in [1.807, 2.05) is 0 Å². The Bertz CT molecular complexity index is 1240. The largest absolute Gasteiger partial charge is 1.00 e. The van der Waals surface area contributed by atoms with Gasteiger partial charge >= 0.3 is 35.5 Å². The molecule has 0 radical (unpaired) electrons. The van der Waals surface area contributed by atoms with Crippen LogP contribution in [0.5, 0.6) is 0 Å². The van der Waals surface area contributed by atoms with Crippen molar-refractivity contribution in [1.29, 1.82) is 0 Å². The molecule has 2 aliphatic heterocycles. The number of nitrogens with two attached hydrogens (primary N) is 1. The van der Waals surface area contributed by atoms with Crippen LogP contribution in [-0.4, -0.2) is 57.5 Å². The zero-order valence-electron chi connectivity index (χ0n) is 17.7. The molecule has 0 saturated carbocycles. The molecule has 0 spiro atoms. The Balaban J connectivity index is 0.00000259. The molecule has 0 amide bonds. The molecular formula is C18H18N6NaO7P. The summed E-state index contributed by atoms with van der Waals surface area (Å²) in [4.78, 5) is 37.3. The molecule has 2 fully saturated rings. The number of para-hydroxylation sites is 1. The van der Waals surface area contributed by atoms with Gasteiger partial charge in [-0.2, -0.15) is 0 Å². The number of fused-ring (bicyclic) bond motifs is 2. The summed E-state index contributed by atoms with van der Waals surface area (Å²) in [5.41, 5.74) is 7.31. The van der Waals surface area contributed by atoms with E-state index < -0.39 is 38.3 Å². The summed E-state index contributed by atoms with van der Waals surface area (Å²) < 4.78 is 35.1. The Morgan fingerprint density at radius 2 is 2.12 bits per heavy atom. The molecule has 2 saturated heterocycles. The van der Waals surface area contributed by atoms with E-state index in [9.17, 15) is 14.3 Å². The van der Waals surface area contributed by atoms with Crippen molar-refractivity contribution in [3.63, 3.8) is 0 Å². The van der Waals surface area contributed by atoms with Gasteiger partial charge in [0.1, 0.15) is 24.1 Å². The third kappa shape index (κ3) is 4.38. The van der Waals surface area contributed by atoms with Crippen molar-refractivity contribution in [2.75, 3.05) is 24.7 Å². The predicted octanol–water partition coefficient (Wildman–Crippen LogP) is -2.54. The zero-order valence-corrected chi connectivity index (χ0v) is 20.5. The SMILES string of the molecule is CNc1ccccc1C(=O)O[C@@H]1[C@@H]2OP(=O)([O-])OC[C@H]2O[C@H]1n1cnc2c(N)ncnc21.[Na+]. The van der Waals surface area contributed by atoms with E-state index in [1.54, 1.807) is 31.3 Å². The number of phosphoric ester groups is 1. The summed E-state index contributed by atoms with van der Waals surface area (Å²) in [6.07, 6.45) is -1.44. The van der Waals surface area contributed by atoms with Crippen molar-refractivity contribution in [2.24, 2.45) is 0 Å². The third-order valence-corrected chi connectivity index (χ3v) is 6.22. The molecular weight excluding hydrogens is 466 g/mol. The van der Waals surface area contributed by atoms with Gasteiger partial charge in [-0.15, -0.1) is 0 Å². The summed E-state index contributed by atoms with van der Waals surface area (Å²) >= 11 is 0. The number of nitrogen functional groups attached to an aromatic ring is 1. The summed E-state index contributed by atoms with van der Waals surface area (Å²) in [7, 11) is -2.92. The van der Waals surface area contributed by atoms with Crippen LogP contribution in [-0.2, 0) is 23.1 Å². The van der Waals surface area contributed by atoms with Crippen LogP contribution in [0.4, 0.5) is 11.5 Å². The number of ether oxygens (including phenoxy) is 2. The minimum absolute atomic E-state index is 0. The maximum atomic E-state index is 13.0. The molecule has 4 heterocycles. The van der Waals surface area contributed by atoms with Gasteiger partial charge in [0.05, 0.1) is 18.5 Å². The number of benzene rings is 1. The van der Waals surface area contributed by atoms with E-state index in [4.69, 9.17) is 24.3 Å². The van der Waals surface area contributed by atoms with Crippen LogP contribution in [0.2, 0.25) is 0 Å². The summed E-state index contributed by atoms with van der Waals surface area (Å²) in [6, 6.07) is 6.74. The average Bonchev–Trinajstić information content (AvgIpc) is 3.35. The van der Waals surface area contributed by atoms with E-state index in [2.05, 4.69) is 20.3 Å². The molecule has 5 atom stereocenters. The van der Waals surface area contributed by atoms with Gasteiger partial charge in [-0.3, -0.25) is 9.13 Å². The molecule has 0 aliphatic carbocycles. The standard InChI is InChI=1S/C18H19N6O7P.Na/c1-20-10-5-3-2-4-9(10)18(25)30-14-13-11(6-28-32(26,27)31-13)29-17(14)24-8-23-12-15(19)21-7-22-16(12)24;/h2-5,7-8,11,13-14,17,20H,6H2,1H3,(H,26,27)(H2,19,21,22);/q;+1/p-1/t11-,13-,14-,17-;/m1./s1. The number of carbonyl (C=O) groups excluding carboxylic acids is 1. The molecule has 5 rings (SSSR count). The molecule has 0 bridgehead atoms. The minimum atomic E-state index is -4.59. The van der Waals surface area contributed by atoms with E-state index in [0.717, 1.165) is 0 Å². The number of imidazole rings is 1. The number of phosphoric acid groups is 1. The topological polar surface area (TPSA) is 176 Å². The number of esters is 1. The van der Waals surface area contributed by atoms with E-state index in [-0.39, 0.29) is 47.5 Å². The van der Waals surface area contributed by atoms with Crippen molar-refractivity contribution >= 4 is 36.5 Å². The normalized spacial score (nSPS) is 28.7. The van der Waals surface area contributed by atoms with Crippen LogP contribution in [0, 0.1) is 0 Å². The summed E-state index contributed by atoms with van der Waals surface area (Å²) in [6.45, 7) is -0.285. The number of nitrogens with zero attached hydrogens (tertiary/aromatic N) is 4. The Morgan fingerprint density at radius 1 is 1.33 bits per heavy atom. The van der Waals surface area contributed by atoms with Crippen LogP contribution < -0.4 is 45.5 Å². The maximum Gasteiger partial charge on any atom is 1.00 e. The number of rotatable bonds is 4. The fraction of sp³-hybridized carbons (Fsp3) is 0.333. The third-order valence-electron chi connectivity index (χ3n) is 5.25. The molecule has 13 nitrogen and oxygen atoms in total. The van der Waals surface area contributed by atoms with Gasteiger partial charge in [-0.25, -0.2) is 19.7 Å². The van der Waals surface area contributed by atoms with Gasteiger partial charge in [0.25, 0.3) is 7.82 Å². The number of aromatic nitrogens is 4. The molecule has 2 aromatic heterocycles. The molecule has 1 aromatic carbocycles. The Morgan fingerprint density at radius 3 is 2.91 bits per heavy atom. The average molecular weight is 484 g/mol. The predicted molar refractivity (Wildman–Crippen MR) is 107 cm³/mol. The van der Waals surface area contributed by atoms with Gasteiger partial charge < -0.3 is 34.5 Å². The van der Waals surface area contributed by atoms with Crippen molar-refractivity contribution in [1.82, 2.24) is 19.5 Å². The number of carbonyl (C=O) groups is 1. The van der Waals surface area contributed by atoms with Gasteiger partial charge in [-0.1, -0.05) is 12.1 Å². The van der Waals surface area contributed by atoms with Crippen LogP contribution >= 0.6 is 7.82 Å². The number of hydrogen-bond acceptors (Lipinski definition) is 12. The first kappa shape index (κ1) is 24.0.